The topological polar surface area (TPSA) is 65.2 Å². The normalized spacial score (nSPS) is 21.1. The van der Waals surface area contributed by atoms with E-state index < -0.39 is 0 Å². The summed E-state index contributed by atoms with van der Waals surface area (Å²) >= 11 is 0. The minimum Gasteiger partial charge on any atom is -0.370 e. The van der Waals surface area contributed by atoms with Crippen molar-refractivity contribution >= 4 is 5.78 Å². The fraction of sp³-hybridized carbons (Fsp3) is 0.800. The third-order valence-electron chi connectivity index (χ3n) is 3.79. The van der Waals surface area contributed by atoms with Gasteiger partial charge in [0.05, 0.1) is 0 Å². The summed E-state index contributed by atoms with van der Waals surface area (Å²) in [6.07, 6.45) is 6.16. The summed E-state index contributed by atoms with van der Waals surface area (Å²) in [6.45, 7) is 4.70. The number of hydrogen-bond acceptors (Lipinski definition) is 5. The van der Waals surface area contributed by atoms with E-state index in [-0.39, 0.29) is 12.0 Å². The van der Waals surface area contributed by atoms with Crippen molar-refractivity contribution in [2.24, 2.45) is 5.92 Å². The Hall–Kier alpha value is -1.23. The van der Waals surface area contributed by atoms with E-state index in [9.17, 15) is 4.79 Å². The van der Waals surface area contributed by atoms with Crippen LogP contribution in [0.15, 0.2) is 4.52 Å². The van der Waals surface area contributed by atoms with Gasteiger partial charge in [0.2, 0.25) is 11.7 Å². The standard InChI is InChI=1S/C15H24N2O3/c1-3-7-13(19-4-2)15-16-14(20-17-15)10-11-8-5-6-9-12(11)18/h11,13H,3-10H2,1-2H3. The predicted molar refractivity (Wildman–Crippen MR) is 74.2 cm³/mol. The number of rotatable bonds is 7. The van der Waals surface area contributed by atoms with Crippen molar-refractivity contribution in [3.63, 3.8) is 0 Å². The maximum atomic E-state index is 11.8. The number of ketones is 1. The highest BCUT2D eigenvalue weighted by molar-refractivity contribution is 5.81. The molecule has 1 aromatic heterocycles. The van der Waals surface area contributed by atoms with Crippen LogP contribution in [0.25, 0.3) is 0 Å². The van der Waals surface area contributed by atoms with Gasteiger partial charge in [-0.1, -0.05) is 24.9 Å². The zero-order chi connectivity index (χ0) is 14.4. The molecule has 0 aromatic carbocycles. The van der Waals surface area contributed by atoms with Crippen LogP contribution in [0.5, 0.6) is 0 Å². The predicted octanol–water partition coefficient (Wildman–Crippen LogP) is 3.25. The van der Waals surface area contributed by atoms with Crippen LogP contribution in [0, 0.1) is 5.92 Å². The van der Waals surface area contributed by atoms with Crippen LogP contribution in [-0.4, -0.2) is 22.5 Å². The molecule has 1 aromatic rings. The number of carbonyl (C=O) groups is 1. The summed E-state index contributed by atoms with van der Waals surface area (Å²) < 4.78 is 10.9. The lowest BCUT2D eigenvalue weighted by Gasteiger charge is -2.18. The molecule has 20 heavy (non-hydrogen) atoms. The van der Waals surface area contributed by atoms with Gasteiger partial charge in [-0.25, -0.2) is 0 Å². The molecular formula is C15H24N2O3. The maximum absolute atomic E-state index is 11.8. The van der Waals surface area contributed by atoms with Gasteiger partial charge in [0.1, 0.15) is 11.9 Å². The molecule has 1 aliphatic carbocycles. The molecule has 0 spiro atoms. The van der Waals surface area contributed by atoms with Gasteiger partial charge in [-0.05, 0) is 26.2 Å². The number of ether oxygens (including phenoxy) is 1. The summed E-state index contributed by atoms with van der Waals surface area (Å²) in [6, 6.07) is 0. The molecule has 2 atom stereocenters. The van der Waals surface area contributed by atoms with Gasteiger partial charge < -0.3 is 9.26 Å². The van der Waals surface area contributed by atoms with E-state index in [0.717, 1.165) is 32.1 Å². The Labute approximate surface area is 120 Å². The fourth-order valence-electron chi connectivity index (χ4n) is 2.71. The molecule has 0 bridgehead atoms. The zero-order valence-electron chi connectivity index (χ0n) is 12.4. The molecule has 0 N–H and O–H groups in total. The Morgan fingerprint density at radius 3 is 2.95 bits per heavy atom. The number of aromatic nitrogens is 2. The Morgan fingerprint density at radius 2 is 2.25 bits per heavy atom. The van der Waals surface area contributed by atoms with Crippen LogP contribution in [0.3, 0.4) is 0 Å². The molecule has 1 saturated carbocycles. The second kappa shape index (κ2) is 7.53. The van der Waals surface area contributed by atoms with Gasteiger partial charge in [0.15, 0.2) is 0 Å². The number of carbonyl (C=O) groups excluding carboxylic acids is 1. The third-order valence-corrected chi connectivity index (χ3v) is 3.79. The number of nitrogens with zero attached hydrogens (tertiary/aromatic N) is 2. The van der Waals surface area contributed by atoms with Crippen molar-refractivity contribution in [3.05, 3.63) is 11.7 Å². The summed E-state index contributed by atoms with van der Waals surface area (Å²) in [5, 5.41) is 4.02. The van der Waals surface area contributed by atoms with Crippen molar-refractivity contribution in [1.82, 2.24) is 10.1 Å². The van der Waals surface area contributed by atoms with Gasteiger partial charge in [0, 0.05) is 25.4 Å². The first kappa shape index (κ1) is 15.2. The molecule has 1 heterocycles. The smallest absolute Gasteiger partial charge is 0.227 e. The fourth-order valence-corrected chi connectivity index (χ4v) is 2.71. The van der Waals surface area contributed by atoms with Crippen LogP contribution in [0.1, 0.15) is 70.2 Å². The largest absolute Gasteiger partial charge is 0.370 e. The summed E-state index contributed by atoms with van der Waals surface area (Å²) in [5.41, 5.74) is 0. The van der Waals surface area contributed by atoms with E-state index >= 15 is 0 Å². The van der Waals surface area contributed by atoms with Crippen LogP contribution < -0.4 is 0 Å². The molecule has 112 valence electrons. The van der Waals surface area contributed by atoms with E-state index in [1.54, 1.807) is 0 Å². The van der Waals surface area contributed by atoms with E-state index in [1.165, 1.54) is 0 Å². The summed E-state index contributed by atoms with van der Waals surface area (Å²) in [4.78, 5) is 16.3. The highest BCUT2D eigenvalue weighted by atomic mass is 16.5. The average Bonchev–Trinajstić information content (AvgIpc) is 2.90. The quantitative estimate of drug-likeness (QED) is 0.767. The monoisotopic (exact) mass is 280 g/mol. The lowest BCUT2D eigenvalue weighted by Crippen LogP contribution is -2.21. The molecule has 1 fully saturated rings. The Kier molecular flexibility index (Phi) is 5.71. The second-order valence-corrected chi connectivity index (χ2v) is 5.39. The van der Waals surface area contributed by atoms with Crippen LogP contribution in [0.2, 0.25) is 0 Å². The van der Waals surface area contributed by atoms with Crippen LogP contribution >= 0.6 is 0 Å². The molecule has 2 rings (SSSR count). The number of Topliss-reactive ketones (excluding diaryl/α,β-unsaturated/α-hetero) is 1. The molecule has 0 radical (unpaired) electrons. The van der Waals surface area contributed by atoms with Crippen molar-refractivity contribution in [1.29, 1.82) is 0 Å². The second-order valence-electron chi connectivity index (χ2n) is 5.39. The van der Waals surface area contributed by atoms with Gasteiger partial charge in [-0.15, -0.1) is 0 Å². The molecule has 1 aliphatic rings. The molecule has 0 saturated heterocycles. The molecule has 5 heteroatoms. The van der Waals surface area contributed by atoms with E-state index in [4.69, 9.17) is 9.26 Å². The molecule has 0 amide bonds. The Balaban J connectivity index is 1.98. The van der Waals surface area contributed by atoms with Gasteiger partial charge in [0.25, 0.3) is 0 Å². The third kappa shape index (κ3) is 3.88. The van der Waals surface area contributed by atoms with Crippen LogP contribution in [-0.2, 0) is 16.0 Å². The zero-order valence-corrected chi connectivity index (χ0v) is 12.4. The summed E-state index contributed by atoms with van der Waals surface area (Å²) in [5.74, 6) is 1.59. The van der Waals surface area contributed by atoms with Gasteiger partial charge in [-0.2, -0.15) is 4.98 Å². The minimum atomic E-state index is -0.0930. The highest BCUT2D eigenvalue weighted by Gasteiger charge is 2.25. The van der Waals surface area contributed by atoms with Crippen molar-refractivity contribution in [2.75, 3.05) is 6.61 Å². The van der Waals surface area contributed by atoms with Gasteiger partial charge in [-0.3, -0.25) is 4.79 Å². The first-order chi connectivity index (χ1) is 9.74. The van der Waals surface area contributed by atoms with E-state index in [1.807, 2.05) is 6.92 Å². The van der Waals surface area contributed by atoms with Crippen molar-refractivity contribution < 1.29 is 14.1 Å². The Bertz CT molecular complexity index is 425. The average molecular weight is 280 g/mol. The first-order valence-corrected chi connectivity index (χ1v) is 7.71. The first-order valence-electron chi connectivity index (χ1n) is 7.71. The van der Waals surface area contributed by atoms with Crippen molar-refractivity contribution in [3.8, 4) is 0 Å². The Morgan fingerprint density at radius 1 is 1.40 bits per heavy atom. The molecule has 0 aliphatic heterocycles. The van der Waals surface area contributed by atoms with Crippen molar-refractivity contribution in [2.45, 2.75) is 64.9 Å². The maximum Gasteiger partial charge on any atom is 0.227 e. The van der Waals surface area contributed by atoms with E-state index in [2.05, 4.69) is 17.1 Å². The van der Waals surface area contributed by atoms with Gasteiger partial charge >= 0.3 is 0 Å². The molecule has 5 nitrogen and oxygen atoms in total. The highest BCUT2D eigenvalue weighted by Crippen LogP contribution is 2.25. The minimum absolute atomic E-state index is 0.0637. The molecular weight excluding hydrogens is 256 g/mol. The lowest BCUT2D eigenvalue weighted by molar-refractivity contribution is -0.124. The number of hydrogen-bond donors (Lipinski definition) is 0. The lowest BCUT2D eigenvalue weighted by atomic mass is 9.86. The van der Waals surface area contributed by atoms with E-state index in [0.29, 0.717) is 36.9 Å². The summed E-state index contributed by atoms with van der Waals surface area (Å²) in [7, 11) is 0. The van der Waals surface area contributed by atoms with Crippen LogP contribution in [0.4, 0.5) is 0 Å². The molecule has 2 unspecified atom stereocenters. The SMILES string of the molecule is CCCC(OCC)c1noc(CC2CCCCC2=O)n1.